The average Bonchev–Trinajstić information content (AvgIpc) is 3.44. The minimum Gasteiger partial charge on any atom is -0.415 e. The monoisotopic (exact) mass is 524 g/mol. The van der Waals surface area contributed by atoms with Crippen LogP contribution in [0.2, 0.25) is 0 Å². The number of hydrogen-bond acceptors (Lipinski definition) is 7. The first-order valence-electron chi connectivity index (χ1n) is 11.5. The summed E-state index contributed by atoms with van der Waals surface area (Å²) < 4.78 is 42.3. The van der Waals surface area contributed by atoms with Gasteiger partial charge >= 0.3 is 12.5 Å². The van der Waals surface area contributed by atoms with Crippen molar-refractivity contribution in [2.45, 2.75) is 13.0 Å². The maximum absolute atomic E-state index is 13.5. The molecule has 0 bridgehead atoms. The van der Waals surface area contributed by atoms with Crippen molar-refractivity contribution in [2.24, 2.45) is 0 Å². The number of aromatic nitrogens is 4. The molecule has 0 N–H and O–H groups in total. The van der Waals surface area contributed by atoms with E-state index in [0.717, 1.165) is 11.1 Å². The molecule has 1 aromatic carbocycles. The highest BCUT2D eigenvalue weighted by Gasteiger charge is 2.26. The van der Waals surface area contributed by atoms with E-state index < -0.39 is 23.1 Å². The van der Waals surface area contributed by atoms with Crippen LogP contribution in [0.3, 0.4) is 0 Å². The highest BCUT2D eigenvalue weighted by molar-refractivity contribution is 7.85. The first-order valence-corrected chi connectivity index (χ1v) is 13.0. The van der Waals surface area contributed by atoms with Gasteiger partial charge in [0.25, 0.3) is 5.89 Å². The van der Waals surface area contributed by atoms with Gasteiger partial charge < -0.3 is 9.32 Å². The minimum atomic E-state index is -2.86. The first kappa shape index (κ1) is 24.6. The molecule has 0 unspecified atom stereocenters. The third-order valence-corrected chi connectivity index (χ3v) is 7.15. The lowest BCUT2D eigenvalue weighted by Crippen LogP contribution is -2.48. The number of anilines is 1. The number of carbonyl (C=O) groups excluding carboxylic acids is 1. The molecular weight excluding hydrogens is 502 g/mol. The third-order valence-electron chi connectivity index (χ3n) is 5.87. The molecule has 1 fully saturated rings. The van der Waals surface area contributed by atoms with Crippen molar-refractivity contribution < 1.29 is 22.2 Å². The Kier molecular flexibility index (Phi) is 7.26. The normalized spacial score (nSPS) is 14.2. The number of carbonyl (C=O) groups is 1. The topological polar surface area (TPSA) is 105 Å². The molecule has 12 heteroatoms. The summed E-state index contributed by atoms with van der Waals surface area (Å²) in [6, 6.07) is 14.5. The summed E-state index contributed by atoms with van der Waals surface area (Å²) >= 11 is 0. The van der Waals surface area contributed by atoms with Crippen molar-refractivity contribution in [1.82, 2.24) is 25.1 Å². The number of alkyl halides is 2. The molecule has 0 saturated carbocycles. The zero-order valence-electron chi connectivity index (χ0n) is 19.5. The molecule has 5 rings (SSSR count). The molecule has 0 atom stereocenters. The highest BCUT2D eigenvalue weighted by atomic mass is 32.2. The summed E-state index contributed by atoms with van der Waals surface area (Å²) in [4.78, 5) is 25.4. The van der Waals surface area contributed by atoms with Crippen LogP contribution in [-0.2, 0) is 17.3 Å². The summed E-state index contributed by atoms with van der Waals surface area (Å²) in [5, 5.41) is 6.97. The van der Waals surface area contributed by atoms with Crippen LogP contribution in [0.4, 0.5) is 19.3 Å². The fourth-order valence-electron chi connectivity index (χ4n) is 3.88. The van der Waals surface area contributed by atoms with Crippen molar-refractivity contribution in [2.75, 3.05) is 29.5 Å². The molecule has 0 aliphatic carbocycles. The zero-order chi connectivity index (χ0) is 25.8. The molecule has 4 heterocycles. The van der Waals surface area contributed by atoms with E-state index in [1.54, 1.807) is 34.3 Å². The molecule has 4 aromatic rings. The van der Waals surface area contributed by atoms with Gasteiger partial charge in [-0.25, -0.2) is 4.79 Å². The van der Waals surface area contributed by atoms with Gasteiger partial charge in [-0.05, 0) is 41.5 Å². The first-order chi connectivity index (χ1) is 18.0. The van der Waals surface area contributed by atoms with E-state index in [2.05, 4.69) is 20.2 Å². The maximum atomic E-state index is 13.5. The summed E-state index contributed by atoms with van der Waals surface area (Å²) in [7, 11) is -0.917. The van der Waals surface area contributed by atoms with Crippen molar-refractivity contribution in [1.29, 1.82) is 0 Å². The van der Waals surface area contributed by atoms with Gasteiger partial charge in [-0.2, -0.15) is 8.78 Å². The molecule has 1 aliphatic rings. The second kappa shape index (κ2) is 10.9. The number of hydrogen-bond donors (Lipinski definition) is 0. The molecular formula is C25H22F2N6O3S. The van der Waals surface area contributed by atoms with E-state index >= 15 is 0 Å². The van der Waals surface area contributed by atoms with Crippen LogP contribution >= 0.6 is 0 Å². The Morgan fingerprint density at radius 2 is 1.76 bits per heavy atom. The quantitative estimate of drug-likeness (QED) is 0.370. The number of nitrogens with zero attached hydrogens (tertiary/aromatic N) is 6. The molecule has 0 radical (unpaired) electrons. The molecule has 1 saturated heterocycles. The smallest absolute Gasteiger partial charge is 0.324 e. The Morgan fingerprint density at radius 3 is 2.38 bits per heavy atom. The number of rotatable bonds is 6. The van der Waals surface area contributed by atoms with Crippen molar-refractivity contribution in [3.05, 3.63) is 78.7 Å². The molecule has 190 valence electrons. The number of amides is 2. The van der Waals surface area contributed by atoms with Gasteiger partial charge in [-0.15, -0.1) is 10.2 Å². The fraction of sp³-hybridized carbons (Fsp3) is 0.240. The van der Waals surface area contributed by atoms with Gasteiger partial charge in [-0.1, -0.05) is 18.2 Å². The standard InChI is InChI=1S/C25H22F2N6O3S/c26-22(27)24-31-30-23(36-24)19-3-6-20(29-15-19)16-33(25(34)32-10-12-37(35)13-11-32)21-7-4-17(5-8-21)18-2-1-9-28-14-18/h1-9,14-15,22H,10-13,16H2. The Balaban J connectivity index is 1.39. The Morgan fingerprint density at radius 1 is 1.00 bits per heavy atom. The highest BCUT2D eigenvalue weighted by Crippen LogP contribution is 2.26. The molecule has 3 aromatic heterocycles. The lowest BCUT2D eigenvalue weighted by molar-refractivity contribution is 0.116. The number of benzene rings is 1. The van der Waals surface area contributed by atoms with E-state index in [4.69, 9.17) is 4.42 Å². The van der Waals surface area contributed by atoms with Gasteiger partial charge in [0, 0.05) is 59.7 Å². The largest absolute Gasteiger partial charge is 0.415 e. The zero-order valence-corrected chi connectivity index (χ0v) is 20.4. The molecule has 9 nitrogen and oxygen atoms in total. The van der Waals surface area contributed by atoms with Crippen LogP contribution in [0.15, 0.2) is 71.5 Å². The fourth-order valence-corrected chi connectivity index (χ4v) is 4.93. The third kappa shape index (κ3) is 5.69. The second-order valence-electron chi connectivity index (χ2n) is 8.28. The second-order valence-corrected chi connectivity index (χ2v) is 9.97. The predicted molar refractivity (Wildman–Crippen MR) is 133 cm³/mol. The average molecular weight is 525 g/mol. The molecule has 1 aliphatic heterocycles. The number of pyridine rings is 2. The van der Waals surface area contributed by atoms with Gasteiger partial charge in [0.1, 0.15) is 0 Å². The summed E-state index contributed by atoms with van der Waals surface area (Å²) in [5.74, 6) is 0.0664. The van der Waals surface area contributed by atoms with Gasteiger partial charge in [-0.3, -0.25) is 19.1 Å². The van der Waals surface area contributed by atoms with Crippen LogP contribution < -0.4 is 4.90 Å². The van der Waals surface area contributed by atoms with E-state index in [0.29, 0.717) is 41.5 Å². The van der Waals surface area contributed by atoms with Gasteiger partial charge in [0.05, 0.1) is 17.8 Å². The Labute approximate surface area is 213 Å². The van der Waals surface area contributed by atoms with Crippen LogP contribution in [0.1, 0.15) is 18.0 Å². The van der Waals surface area contributed by atoms with E-state index in [-0.39, 0.29) is 18.5 Å². The summed E-state index contributed by atoms with van der Waals surface area (Å²) in [6.07, 6.45) is 2.06. The Bertz CT molecular complexity index is 1370. The van der Waals surface area contributed by atoms with Crippen molar-refractivity contribution in [3.63, 3.8) is 0 Å². The van der Waals surface area contributed by atoms with E-state index in [1.807, 2.05) is 36.4 Å². The lowest BCUT2D eigenvalue weighted by Gasteiger charge is -2.32. The maximum Gasteiger partial charge on any atom is 0.324 e. The van der Waals surface area contributed by atoms with Crippen LogP contribution in [-0.4, -0.2) is 59.9 Å². The van der Waals surface area contributed by atoms with Crippen LogP contribution in [0.25, 0.3) is 22.6 Å². The SMILES string of the molecule is O=C(N1CCS(=O)CC1)N(Cc1ccc(-c2nnc(C(F)F)o2)cn1)c1ccc(-c2cccnc2)cc1. The van der Waals surface area contributed by atoms with Crippen molar-refractivity contribution >= 4 is 22.5 Å². The number of urea groups is 1. The van der Waals surface area contributed by atoms with E-state index in [9.17, 15) is 17.8 Å². The van der Waals surface area contributed by atoms with Gasteiger partial charge in [0.15, 0.2) is 0 Å². The lowest BCUT2D eigenvalue weighted by atomic mass is 10.1. The van der Waals surface area contributed by atoms with E-state index in [1.165, 1.54) is 6.20 Å². The van der Waals surface area contributed by atoms with Gasteiger partial charge in [0.2, 0.25) is 5.89 Å². The summed E-state index contributed by atoms with van der Waals surface area (Å²) in [5.41, 5.74) is 3.55. The van der Waals surface area contributed by atoms with Crippen LogP contribution in [0.5, 0.6) is 0 Å². The number of halogens is 2. The summed E-state index contributed by atoms with van der Waals surface area (Å²) in [6.45, 7) is 0.981. The molecule has 37 heavy (non-hydrogen) atoms. The predicted octanol–water partition coefficient (Wildman–Crippen LogP) is 4.32. The minimum absolute atomic E-state index is 0.0606. The van der Waals surface area contributed by atoms with Crippen molar-refractivity contribution in [3.8, 4) is 22.6 Å². The molecule has 2 amide bonds. The Hall–Kier alpha value is -4.06. The van der Waals surface area contributed by atoms with Crippen LogP contribution in [0, 0.1) is 0 Å². The molecule has 0 spiro atoms.